The van der Waals surface area contributed by atoms with Gasteiger partial charge in [0.25, 0.3) is 5.91 Å². The number of aryl methyl sites for hydroxylation is 2. The van der Waals surface area contributed by atoms with Gasteiger partial charge in [0.15, 0.2) is 0 Å². The first-order valence-corrected chi connectivity index (χ1v) is 12.3. The molecule has 0 saturated heterocycles. The van der Waals surface area contributed by atoms with E-state index in [1.807, 2.05) is 44.3 Å². The molecule has 0 fully saturated rings. The van der Waals surface area contributed by atoms with Gasteiger partial charge in [0.05, 0.1) is 29.0 Å². The fourth-order valence-corrected chi connectivity index (χ4v) is 5.24. The van der Waals surface area contributed by atoms with Gasteiger partial charge >= 0.3 is 0 Å². The van der Waals surface area contributed by atoms with Crippen molar-refractivity contribution in [3.8, 4) is 11.3 Å². The molecule has 0 radical (unpaired) electrons. The number of carbonyl (C=O) groups is 1. The molecule has 1 unspecified atom stereocenters. The van der Waals surface area contributed by atoms with Crippen molar-refractivity contribution in [1.82, 2.24) is 30.5 Å². The molecule has 35 heavy (non-hydrogen) atoms. The Morgan fingerprint density at radius 1 is 1.00 bits per heavy atom. The number of aromatic amines is 2. The second-order valence-electron chi connectivity index (χ2n) is 9.49. The molecule has 5 aromatic rings. The van der Waals surface area contributed by atoms with Gasteiger partial charge in [0, 0.05) is 33.8 Å². The Kier molecular flexibility index (Phi) is 5.32. The van der Waals surface area contributed by atoms with Crippen LogP contribution in [-0.4, -0.2) is 31.1 Å². The number of nitrogens with zero attached hydrogens (tertiary/aromatic N) is 3. The van der Waals surface area contributed by atoms with Gasteiger partial charge in [-0.25, -0.2) is 9.97 Å². The lowest BCUT2D eigenvalue weighted by Gasteiger charge is -2.16. The number of hydrogen-bond acceptors (Lipinski definition) is 4. The molecule has 0 aliphatic heterocycles. The average molecular weight is 465 g/mol. The van der Waals surface area contributed by atoms with Crippen LogP contribution in [0.3, 0.4) is 0 Å². The Morgan fingerprint density at radius 3 is 2.57 bits per heavy atom. The Balaban J connectivity index is 1.36. The van der Waals surface area contributed by atoms with Crippen LogP contribution < -0.4 is 5.32 Å². The third kappa shape index (κ3) is 3.87. The molecule has 0 saturated carbocycles. The third-order valence-corrected chi connectivity index (χ3v) is 7.04. The first-order valence-electron chi connectivity index (χ1n) is 12.3. The number of nitrogens with one attached hydrogen (secondary N) is 3. The minimum absolute atomic E-state index is 0.120. The van der Waals surface area contributed by atoms with E-state index in [-0.39, 0.29) is 11.9 Å². The summed E-state index contributed by atoms with van der Waals surface area (Å²) in [5.74, 6) is 0.632. The average Bonchev–Trinajstić information content (AvgIpc) is 3.46. The van der Waals surface area contributed by atoms with Gasteiger partial charge in [-0.15, -0.1) is 0 Å². The minimum Gasteiger partial charge on any atom is -0.344 e. The van der Waals surface area contributed by atoms with E-state index in [9.17, 15) is 4.79 Å². The molecule has 1 aliphatic carbocycles. The van der Waals surface area contributed by atoms with Gasteiger partial charge in [0.2, 0.25) is 0 Å². The molecular formula is C28H28N6O. The highest BCUT2D eigenvalue weighted by molar-refractivity contribution is 6.07. The first-order chi connectivity index (χ1) is 17.1. The Morgan fingerprint density at radius 2 is 1.80 bits per heavy atom. The topological polar surface area (TPSA) is 99.3 Å². The number of carbonyl (C=O) groups excluding carboxylic acids is 1. The van der Waals surface area contributed by atoms with E-state index in [1.54, 1.807) is 6.20 Å². The van der Waals surface area contributed by atoms with Crippen LogP contribution >= 0.6 is 0 Å². The van der Waals surface area contributed by atoms with Crippen molar-refractivity contribution in [2.24, 2.45) is 0 Å². The Hall–Kier alpha value is -4.00. The summed E-state index contributed by atoms with van der Waals surface area (Å²) >= 11 is 0. The zero-order valence-electron chi connectivity index (χ0n) is 20.0. The summed E-state index contributed by atoms with van der Waals surface area (Å²) in [6.07, 6.45) is 9.34. The van der Waals surface area contributed by atoms with Crippen molar-refractivity contribution >= 4 is 27.7 Å². The number of amides is 1. The first kappa shape index (κ1) is 21.5. The van der Waals surface area contributed by atoms with E-state index in [0.29, 0.717) is 5.56 Å². The fraction of sp³-hybridized carbons (Fsp3) is 0.286. The summed E-state index contributed by atoms with van der Waals surface area (Å²) < 4.78 is 0. The van der Waals surface area contributed by atoms with Crippen LogP contribution in [0, 0.1) is 6.92 Å². The molecule has 0 bridgehead atoms. The standard InChI is InChI=1S/C28H28N6O/c1-16-14-29-27(31-16)17(2)32-28(35)19-10-8-18(9-11-19)26-21-7-5-3-4-6-20(21)25-22-15-30-34-23(22)12-13-24(25)33-26/h8-15,17H,3-7H2,1-2H3,(H,29,31)(H,30,34)(H,32,35). The highest BCUT2D eigenvalue weighted by atomic mass is 16.1. The maximum atomic E-state index is 12.9. The molecule has 3 heterocycles. The van der Waals surface area contributed by atoms with Gasteiger partial charge in [-0.3, -0.25) is 9.89 Å². The lowest BCUT2D eigenvalue weighted by atomic mass is 9.92. The van der Waals surface area contributed by atoms with Gasteiger partial charge in [0.1, 0.15) is 5.82 Å². The lowest BCUT2D eigenvalue weighted by molar-refractivity contribution is 0.0938. The zero-order valence-corrected chi connectivity index (χ0v) is 20.0. The summed E-state index contributed by atoms with van der Waals surface area (Å²) in [5.41, 5.74) is 8.46. The number of imidazole rings is 1. The Labute approximate surface area is 203 Å². The van der Waals surface area contributed by atoms with Gasteiger partial charge < -0.3 is 10.3 Å². The predicted molar refractivity (Wildman–Crippen MR) is 137 cm³/mol. The summed E-state index contributed by atoms with van der Waals surface area (Å²) in [5, 5.41) is 12.8. The smallest absolute Gasteiger partial charge is 0.251 e. The largest absolute Gasteiger partial charge is 0.344 e. The number of rotatable bonds is 4. The molecule has 1 atom stereocenters. The van der Waals surface area contributed by atoms with E-state index in [1.165, 1.54) is 35.8 Å². The van der Waals surface area contributed by atoms with Gasteiger partial charge in [-0.05, 0) is 74.9 Å². The summed E-state index contributed by atoms with van der Waals surface area (Å²) in [4.78, 5) is 25.5. The molecule has 0 spiro atoms. The summed E-state index contributed by atoms with van der Waals surface area (Å²) in [7, 11) is 0. The van der Waals surface area contributed by atoms with Crippen molar-refractivity contribution in [2.75, 3.05) is 0 Å². The molecule has 1 amide bonds. The van der Waals surface area contributed by atoms with Crippen molar-refractivity contribution in [1.29, 1.82) is 0 Å². The summed E-state index contributed by atoms with van der Waals surface area (Å²) in [6.45, 7) is 3.87. The highest BCUT2D eigenvalue weighted by Crippen LogP contribution is 2.37. The fourth-order valence-electron chi connectivity index (χ4n) is 5.24. The maximum absolute atomic E-state index is 12.9. The monoisotopic (exact) mass is 464 g/mol. The second kappa shape index (κ2) is 8.65. The van der Waals surface area contributed by atoms with Crippen molar-refractivity contribution < 1.29 is 4.79 Å². The zero-order chi connectivity index (χ0) is 23.9. The molecule has 2 aromatic carbocycles. The quantitative estimate of drug-likeness (QED) is 0.303. The normalized spacial score (nSPS) is 14.6. The number of H-pyrrole nitrogens is 2. The number of benzene rings is 2. The van der Waals surface area contributed by atoms with E-state index in [2.05, 4.69) is 37.6 Å². The van der Waals surface area contributed by atoms with Crippen molar-refractivity contribution in [3.05, 3.63) is 77.0 Å². The van der Waals surface area contributed by atoms with Crippen LogP contribution in [0.1, 0.15) is 65.2 Å². The number of fused-ring (bicyclic) bond motifs is 5. The van der Waals surface area contributed by atoms with E-state index in [0.717, 1.165) is 52.0 Å². The van der Waals surface area contributed by atoms with E-state index < -0.39 is 0 Å². The molecule has 7 heteroatoms. The summed E-state index contributed by atoms with van der Waals surface area (Å²) in [6, 6.07) is 11.8. The minimum atomic E-state index is -0.200. The van der Waals surface area contributed by atoms with Gasteiger partial charge in [-0.2, -0.15) is 5.10 Å². The maximum Gasteiger partial charge on any atom is 0.251 e. The number of aromatic nitrogens is 5. The SMILES string of the molecule is Cc1cnc(C(C)NC(=O)c2ccc(-c3nc4ccc5[nH]ncc5c4c4c3CCCCC4)cc2)[nH]1. The lowest BCUT2D eigenvalue weighted by Crippen LogP contribution is -2.27. The van der Waals surface area contributed by atoms with Crippen LogP contribution in [-0.2, 0) is 12.8 Å². The van der Waals surface area contributed by atoms with Crippen LogP contribution in [0.15, 0.2) is 48.8 Å². The molecule has 3 N–H and O–H groups in total. The molecular weight excluding hydrogens is 436 g/mol. The van der Waals surface area contributed by atoms with Crippen LogP contribution in [0.25, 0.3) is 33.1 Å². The highest BCUT2D eigenvalue weighted by Gasteiger charge is 2.21. The van der Waals surface area contributed by atoms with Crippen molar-refractivity contribution in [3.63, 3.8) is 0 Å². The number of pyridine rings is 1. The van der Waals surface area contributed by atoms with Crippen LogP contribution in [0.2, 0.25) is 0 Å². The molecule has 3 aromatic heterocycles. The number of hydrogen-bond donors (Lipinski definition) is 3. The van der Waals surface area contributed by atoms with Crippen LogP contribution in [0.4, 0.5) is 0 Å². The third-order valence-electron chi connectivity index (χ3n) is 7.04. The molecule has 176 valence electrons. The Bertz CT molecular complexity index is 1550. The van der Waals surface area contributed by atoms with Crippen molar-refractivity contribution in [2.45, 2.75) is 52.0 Å². The molecule has 6 rings (SSSR count). The van der Waals surface area contributed by atoms with Crippen LogP contribution in [0.5, 0.6) is 0 Å². The second-order valence-corrected chi connectivity index (χ2v) is 9.49. The van der Waals surface area contributed by atoms with E-state index >= 15 is 0 Å². The van der Waals surface area contributed by atoms with E-state index in [4.69, 9.17) is 4.98 Å². The predicted octanol–water partition coefficient (Wildman–Crippen LogP) is 5.57. The molecule has 7 nitrogen and oxygen atoms in total. The van der Waals surface area contributed by atoms with Gasteiger partial charge in [-0.1, -0.05) is 18.6 Å². The molecule has 1 aliphatic rings.